The van der Waals surface area contributed by atoms with E-state index in [9.17, 15) is 12.8 Å². The van der Waals surface area contributed by atoms with Crippen molar-refractivity contribution in [3.8, 4) is 5.75 Å². The maximum atomic E-state index is 14.0. The third-order valence-corrected chi connectivity index (χ3v) is 6.84. The summed E-state index contributed by atoms with van der Waals surface area (Å²) < 4.78 is 48.6. The summed E-state index contributed by atoms with van der Waals surface area (Å²) in [5.41, 5.74) is 1.90. The third-order valence-electron chi connectivity index (χ3n) is 5.71. The van der Waals surface area contributed by atoms with Gasteiger partial charge in [-0.1, -0.05) is 12.1 Å². The zero-order chi connectivity index (χ0) is 19.9. The van der Waals surface area contributed by atoms with Gasteiger partial charge in [-0.3, -0.25) is 4.90 Å². The lowest BCUT2D eigenvalue weighted by Gasteiger charge is -2.34. The van der Waals surface area contributed by atoms with E-state index in [0.717, 1.165) is 23.4 Å². The normalized spacial score (nSPS) is 24.5. The van der Waals surface area contributed by atoms with Crippen LogP contribution in [0.2, 0.25) is 0 Å². The van der Waals surface area contributed by atoms with Gasteiger partial charge in [0.1, 0.15) is 11.6 Å². The van der Waals surface area contributed by atoms with E-state index in [-0.39, 0.29) is 17.8 Å². The van der Waals surface area contributed by atoms with Crippen molar-refractivity contribution in [2.45, 2.75) is 17.5 Å². The fraction of sp³-hybridized carbons (Fsp3) is 0.429. The molecule has 0 amide bonds. The van der Waals surface area contributed by atoms with Gasteiger partial charge in [0, 0.05) is 49.9 Å². The lowest BCUT2D eigenvalue weighted by Crippen LogP contribution is -2.32. The van der Waals surface area contributed by atoms with Gasteiger partial charge in [0.25, 0.3) is 0 Å². The fourth-order valence-corrected chi connectivity index (χ4v) is 5.06. The second-order valence-corrected chi connectivity index (χ2v) is 9.68. The van der Waals surface area contributed by atoms with Crippen molar-refractivity contribution in [1.29, 1.82) is 0 Å². The number of likely N-dealkylation sites (tertiary alicyclic amines) is 1. The van der Waals surface area contributed by atoms with Crippen LogP contribution in [0.5, 0.6) is 5.75 Å². The van der Waals surface area contributed by atoms with Gasteiger partial charge in [0.05, 0.1) is 18.1 Å². The molecule has 1 saturated heterocycles. The minimum atomic E-state index is -3.22. The Morgan fingerprint density at radius 3 is 2.64 bits per heavy atom. The van der Waals surface area contributed by atoms with Crippen LogP contribution in [0, 0.1) is 17.7 Å². The molecule has 28 heavy (non-hydrogen) atoms. The molecule has 0 aliphatic carbocycles. The molecule has 5 nitrogen and oxygen atoms in total. The van der Waals surface area contributed by atoms with Crippen LogP contribution < -0.4 is 4.74 Å². The van der Waals surface area contributed by atoms with Crippen LogP contribution in [0.25, 0.3) is 0 Å². The Labute approximate surface area is 165 Å². The Morgan fingerprint density at radius 2 is 1.96 bits per heavy atom. The second-order valence-electron chi connectivity index (χ2n) is 7.66. The summed E-state index contributed by atoms with van der Waals surface area (Å²) in [4.78, 5) is 2.64. The molecule has 2 heterocycles. The van der Waals surface area contributed by atoms with Crippen molar-refractivity contribution in [3.63, 3.8) is 0 Å². The van der Waals surface area contributed by atoms with Crippen molar-refractivity contribution in [2.75, 3.05) is 33.1 Å². The monoisotopic (exact) mass is 405 g/mol. The van der Waals surface area contributed by atoms with Crippen molar-refractivity contribution in [2.24, 2.45) is 11.8 Å². The maximum Gasteiger partial charge on any atom is 0.175 e. The molecule has 2 aliphatic heterocycles. The summed E-state index contributed by atoms with van der Waals surface area (Å²) in [6.45, 7) is 2.68. The van der Waals surface area contributed by atoms with Gasteiger partial charge in [-0.15, -0.1) is 0 Å². The summed E-state index contributed by atoms with van der Waals surface area (Å²) in [6, 6.07) is 11.7. The predicted molar refractivity (Wildman–Crippen MR) is 103 cm³/mol. The lowest BCUT2D eigenvalue weighted by atomic mass is 9.85. The molecule has 150 valence electrons. The van der Waals surface area contributed by atoms with Crippen molar-refractivity contribution < 1.29 is 22.3 Å². The molecule has 7 heteroatoms. The number of methoxy groups -OCH3 is 1. The summed E-state index contributed by atoms with van der Waals surface area (Å²) in [7, 11) is -1.52. The van der Waals surface area contributed by atoms with Crippen LogP contribution in [-0.4, -0.2) is 46.4 Å². The molecule has 0 N–H and O–H groups in total. The Hall–Kier alpha value is -1.96. The number of hydrogen-bond acceptors (Lipinski definition) is 5. The zero-order valence-electron chi connectivity index (χ0n) is 16.0. The van der Waals surface area contributed by atoms with Crippen LogP contribution in [0.4, 0.5) is 4.39 Å². The number of hydrogen-bond donors (Lipinski definition) is 0. The van der Waals surface area contributed by atoms with E-state index in [1.807, 2.05) is 12.1 Å². The van der Waals surface area contributed by atoms with Crippen LogP contribution in [0.1, 0.15) is 17.2 Å². The first-order chi connectivity index (χ1) is 13.4. The summed E-state index contributed by atoms with van der Waals surface area (Å²) in [5.74, 6) is 0.986. The van der Waals surface area contributed by atoms with E-state index in [0.29, 0.717) is 30.6 Å². The van der Waals surface area contributed by atoms with Crippen molar-refractivity contribution in [1.82, 2.24) is 4.90 Å². The number of sulfone groups is 1. The summed E-state index contributed by atoms with van der Waals surface area (Å²) in [5, 5.41) is 0. The molecule has 2 aliphatic rings. The minimum Gasteiger partial charge on any atom is -0.493 e. The van der Waals surface area contributed by atoms with Gasteiger partial charge in [-0.2, -0.15) is 0 Å². The lowest BCUT2D eigenvalue weighted by molar-refractivity contribution is 0.0981. The van der Waals surface area contributed by atoms with Crippen LogP contribution in [0.3, 0.4) is 0 Å². The van der Waals surface area contributed by atoms with E-state index in [2.05, 4.69) is 4.90 Å². The minimum absolute atomic E-state index is 0.0502. The van der Waals surface area contributed by atoms with E-state index in [1.165, 1.54) is 12.3 Å². The number of rotatable bonds is 5. The molecule has 0 aromatic heterocycles. The Morgan fingerprint density at radius 1 is 1.21 bits per heavy atom. The van der Waals surface area contributed by atoms with Gasteiger partial charge >= 0.3 is 0 Å². The van der Waals surface area contributed by atoms with Crippen molar-refractivity contribution >= 4 is 9.84 Å². The number of halogens is 1. The highest BCUT2D eigenvalue weighted by atomic mass is 32.2. The maximum absolute atomic E-state index is 14.0. The van der Waals surface area contributed by atoms with E-state index < -0.39 is 9.84 Å². The fourth-order valence-electron chi connectivity index (χ4n) is 4.43. The first kappa shape index (κ1) is 19.4. The highest BCUT2D eigenvalue weighted by Gasteiger charge is 2.46. The van der Waals surface area contributed by atoms with Crippen LogP contribution in [-0.2, 0) is 21.1 Å². The zero-order valence-corrected chi connectivity index (χ0v) is 16.8. The molecule has 0 saturated carbocycles. The van der Waals surface area contributed by atoms with Crippen LogP contribution >= 0.6 is 0 Å². The summed E-state index contributed by atoms with van der Waals surface area (Å²) in [6.07, 6.45) is 1.20. The number of nitrogens with zero attached hydrogens (tertiary/aromatic N) is 1. The van der Waals surface area contributed by atoms with Gasteiger partial charge in [0.15, 0.2) is 9.84 Å². The number of fused-ring (bicyclic) bond motifs is 3. The smallest absolute Gasteiger partial charge is 0.175 e. The Balaban J connectivity index is 1.64. The van der Waals surface area contributed by atoms with E-state index in [1.54, 1.807) is 31.4 Å². The first-order valence-electron chi connectivity index (χ1n) is 9.31. The predicted octanol–water partition coefficient (Wildman–Crippen LogP) is 3.06. The SMILES string of the molecule is COC[C@@H]1CN(Cc2ccc(S(C)(=O)=O)cc2)[C@H]2c3cc(F)ccc3OC[C@@H]12. The third kappa shape index (κ3) is 3.66. The highest BCUT2D eigenvalue weighted by Crippen LogP contribution is 2.48. The topological polar surface area (TPSA) is 55.8 Å². The quantitative estimate of drug-likeness (QED) is 0.765. The van der Waals surface area contributed by atoms with Crippen LogP contribution in [0.15, 0.2) is 47.4 Å². The van der Waals surface area contributed by atoms with Gasteiger partial charge in [-0.25, -0.2) is 12.8 Å². The molecular formula is C21H24FNO4S. The molecule has 0 unspecified atom stereocenters. The number of ether oxygens (including phenoxy) is 2. The number of benzene rings is 2. The van der Waals surface area contributed by atoms with Gasteiger partial charge in [-0.05, 0) is 35.9 Å². The molecule has 2 aromatic carbocycles. The molecule has 4 rings (SSSR count). The van der Waals surface area contributed by atoms with Gasteiger partial charge < -0.3 is 9.47 Å². The Kier molecular flexibility index (Phi) is 5.16. The standard InChI is InChI=1S/C21H24FNO4S/c1-26-12-15-11-23(10-14-3-6-17(7-4-14)28(2,24)25)21-18-9-16(22)5-8-20(18)27-13-19(15)21/h3-9,15,19,21H,10-13H2,1-2H3/t15-,19-,21-/m0/s1. The summed E-state index contributed by atoms with van der Waals surface area (Å²) >= 11 is 0. The average Bonchev–Trinajstić information content (AvgIpc) is 2.99. The van der Waals surface area contributed by atoms with E-state index >= 15 is 0 Å². The largest absolute Gasteiger partial charge is 0.493 e. The van der Waals surface area contributed by atoms with E-state index in [4.69, 9.17) is 9.47 Å². The first-order valence-corrected chi connectivity index (χ1v) is 11.2. The highest BCUT2D eigenvalue weighted by molar-refractivity contribution is 7.90. The molecule has 0 bridgehead atoms. The van der Waals surface area contributed by atoms with Gasteiger partial charge in [0.2, 0.25) is 0 Å². The molecule has 2 aromatic rings. The molecule has 3 atom stereocenters. The molecule has 0 spiro atoms. The Bertz CT molecular complexity index is 961. The average molecular weight is 405 g/mol. The molecular weight excluding hydrogens is 381 g/mol. The molecule has 0 radical (unpaired) electrons. The second kappa shape index (κ2) is 7.46. The van der Waals surface area contributed by atoms with Crippen molar-refractivity contribution in [3.05, 3.63) is 59.4 Å². The molecule has 1 fully saturated rings.